The van der Waals surface area contributed by atoms with Gasteiger partial charge in [0, 0.05) is 16.4 Å². The normalized spacial score (nSPS) is 14.7. The quantitative estimate of drug-likeness (QED) is 0.244. The molecule has 1 aromatic heterocycles. The molecule has 6 aromatic rings. The molecule has 0 atom stereocenters. The molecule has 8 rings (SSSR count). The van der Waals surface area contributed by atoms with Gasteiger partial charge in [-0.05, 0) is 50.6 Å². The van der Waals surface area contributed by atoms with Gasteiger partial charge in [-0.25, -0.2) is 9.97 Å². The summed E-state index contributed by atoms with van der Waals surface area (Å²) in [5.41, 5.74) is 13.6. The lowest BCUT2D eigenvalue weighted by Crippen LogP contribution is -2.14. The van der Waals surface area contributed by atoms with Crippen molar-refractivity contribution in [2.24, 2.45) is 0 Å². The van der Waals surface area contributed by atoms with Crippen molar-refractivity contribution in [1.82, 2.24) is 9.97 Å². The number of hydrogen-bond acceptors (Lipinski definition) is 2. The van der Waals surface area contributed by atoms with Crippen molar-refractivity contribution in [3.8, 4) is 33.6 Å². The Morgan fingerprint density at radius 3 is 1.87 bits per heavy atom. The number of hydrogen-bond donors (Lipinski definition) is 0. The van der Waals surface area contributed by atoms with Crippen LogP contribution in [0.3, 0.4) is 0 Å². The Bertz CT molecular complexity index is 1870. The zero-order valence-corrected chi connectivity index (χ0v) is 21.4. The van der Waals surface area contributed by atoms with Crippen LogP contribution < -0.4 is 0 Å². The van der Waals surface area contributed by atoms with E-state index in [1.54, 1.807) is 0 Å². The average molecular weight is 487 g/mol. The van der Waals surface area contributed by atoms with E-state index in [4.69, 9.17) is 9.97 Å². The summed E-state index contributed by atoms with van der Waals surface area (Å²) in [6, 6.07) is 41.4. The molecule has 0 fully saturated rings. The van der Waals surface area contributed by atoms with E-state index in [0.29, 0.717) is 0 Å². The van der Waals surface area contributed by atoms with Crippen molar-refractivity contribution in [3.05, 3.63) is 143 Å². The van der Waals surface area contributed by atoms with Gasteiger partial charge < -0.3 is 0 Å². The molecular formula is C36H26N2. The fourth-order valence-corrected chi connectivity index (χ4v) is 6.83. The van der Waals surface area contributed by atoms with Crippen LogP contribution in [-0.2, 0) is 5.41 Å². The van der Waals surface area contributed by atoms with E-state index >= 15 is 0 Å². The molecule has 2 nitrogen and oxygen atoms in total. The molecule has 5 aromatic carbocycles. The Balaban J connectivity index is 1.43. The van der Waals surface area contributed by atoms with E-state index in [2.05, 4.69) is 129 Å². The Morgan fingerprint density at radius 1 is 0.526 bits per heavy atom. The first-order valence-corrected chi connectivity index (χ1v) is 13.3. The van der Waals surface area contributed by atoms with Crippen molar-refractivity contribution in [1.29, 1.82) is 0 Å². The van der Waals surface area contributed by atoms with Gasteiger partial charge in [0.05, 0.1) is 17.1 Å². The lowest BCUT2D eigenvalue weighted by molar-refractivity contribution is 0.660. The van der Waals surface area contributed by atoms with Crippen molar-refractivity contribution in [3.63, 3.8) is 0 Å². The van der Waals surface area contributed by atoms with Gasteiger partial charge in [0.25, 0.3) is 0 Å². The molecule has 2 aliphatic rings. The molecule has 0 saturated carbocycles. The molecule has 0 aliphatic heterocycles. The fourth-order valence-electron chi connectivity index (χ4n) is 6.83. The number of nitrogens with zero attached hydrogens (tertiary/aromatic N) is 2. The lowest BCUT2D eigenvalue weighted by atomic mass is 9.82. The molecule has 0 amide bonds. The summed E-state index contributed by atoms with van der Waals surface area (Å²) in [5, 5.41) is 1.11. The largest absolute Gasteiger partial charge is 0.231 e. The van der Waals surface area contributed by atoms with Gasteiger partial charge >= 0.3 is 0 Å². The molecule has 0 unspecified atom stereocenters. The zero-order valence-electron chi connectivity index (χ0n) is 21.4. The molecule has 1 heterocycles. The maximum Gasteiger partial charge on any atom is 0.160 e. The smallest absolute Gasteiger partial charge is 0.160 e. The van der Waals surface area contributed by atoms with Gasteiger partial charge in [-0.3, -0.25) is 0 Å². The van der Waals surface area contributed by atoms with Crippen LogP contribution in [0.2, 0.25) is 0 Å². The van der Waals surface area contributed by atoms with Crippen LogP contribution in [0, 0.1) is 0 Å². The molecular weight excluding hydrogens is 460 g/mol. The number of fused-ring (bicyclic) bond motifs is 7. The zero-order chi connectivity index (χ0) is 25.4. The van der Waals surface area contributed by atoms with Crippen molar-refractivity contribution < 1.29 is 0 Å². The summed E-state index contributed by atoms with van der Waals surface area (Å²) >= 11 is 0. The van der Waals surface area contributed by atoms with Gasteiger partial charge in [0.15, 0.2) is 5.82 Å². The summed E-state index contributed by atoms with van der Waals surface area (Å²) in [6.45, 7) is 4.64. The van der Waals surface area contributed by atoms with Crippen molar-refractivity contribution in [2.45, 2.75) is 25.2 Å². The van der Waals surface area contributed by atoms with E-state index < -0.39 is 0 Å². The maximum absolute atomic E-state index is 5.44. The summed E-state index contributed by atoms with van der Waals surface area (Å²) in [5.74, 6) is 0.861. The van der Waals surface area contributed by atoms with Crippen LogP contribution in [-0.4, -0.2) is 9.97 Å². The van der Waals surface area contributed by atoms with E-state index in [0.717, 1.165) is 28.0 Å². The minimum Gasteiger partial charge on any atom is -0.231 e. The predicted octanol–water partition coefficient (Wildman–Crippen LogP) is 8.76. The second kappa shape index (κ2) is 7.72. The van der Waals surface area contributed by atoms with E-state index in [9.17, 15) is 0 Å². The minimum atomic E-state index is -0.0645. The van der Waals surface area contributed by atoms with Gasteiger partial charge in [-0.15, -0.1) is 0 Å². The summed E-state index contributed by atoms with van der Waals surface area (Å²) in [7, 11) is 0. The predicted molar refractivity (Wildman–Crippen MR) is 155 cm³/mol. The molecule has 2 heteroatoms. The third kappa shape index (κ3) is 2.83. The summed E-state index contributed by atoms with van der Waals surface area (Å²) in [6.07, 6.45) is 0. The highest BCUT2D eigenvalue weighted by Gasteiger charge is 2.37. The van der Waals surface area contributed by atoms with Crippen LogP contribution in [0.25, 0.3) is 44.5 Å². The first-order valence-electron chi connectivity index (χ1n) is 13.3. The van der Waals surface area contributed by atoms with Crippen LogP contribution in [0.4, 0.5) is 0 Å². The third-order valence-corrected chi connectivity index (χ3v) is 8.59. The minimum absolute atomic E-state index is 0.0644. The Kier molecular flexibility index (Phi) is 4.37. The lowest BCUT2D eigenvalue weighted by Gasteiger charge is -2.21. The SMILES string of the molecule is CC1(C)c2ccccc2-c2c(-c3nc(C4c5ccccc5-c5ccccc54)c4ccccc4n3)cccc21. The van der Waals surface area contributed by atoms with Gasteiger partial charge in [-0.2, -0.15) is 0 Å². The second-order valence-corrected chi connectivity index (χ2v) is 11.0. The van der Waals surface area contributed by atoms with E-state index in [1.165, 1.54) is 44.5 Å². The first-order chi connectivity index (χ1) is 18.6. The van der Waals surface area contributed by atoms with Crippen LogP contribution in [0.15, 0.2) is 115 Å². The number of aromatic nitrogens is 2. The molecule has 0 radical (unpaired) electrons. The van der Waals surface area contributed by atoms with Crippen LogP contribution in [0.5, 0.6) is 0 Å². The van der Waals surface area contributed by atoms with Gasteiger partial charge in [0.2, 0.25) is 0 Å². The molecule has 0 saturated heterocycles. The highest BCUT2D eigenvalue weighted by atomic mass is 14.9. The number of para-hydroxylation sites is 1. The number of rotatable bonds is 2. The molecule has 180 valence electrons. The molecule has 0 spiro atoms. The average Bonchev–Trinajstić information content (AvgIpc) is 3.42. The second-order valence-electron chi connectivity index (χ2n) is 11.0. The Morgan fingerprint density at radius 2 is 1.11 bits per heavy atom. The Hall–Kier alpha value is -4.56. The van der Waals surface area contributed by atoms with Gasteiger partial charge in [0.1, 0.15) is 0 Å². The molecule has 0 N–H and O–H groups in total. The number of benzene rings is 5. The van der Waals surface area contributed by atoms with Crippen molar-refractivity contribution >= 4 is 10.9 Å². The summed E-state index contributed by atoms with van der Waals surface area (Å²) in [4.78, 5) is 10.6. The highest BCUT2D eigenvalue weighted by molar-refractivity contribution is 5.93. The highest BCUT2D eigenvalue weighted by Crippen LogP contribution is 2.52. The third-order valence-electron chi connectivity index (χ3n) is 8.59. The molecule has 38 heavy (non-hydrogen) atoms. The summed E-state index contributed by atoms with van der Waals surface area (Å²) < 4.78 is 0. The standard InChI is InChI=1S/C36H26N2/c1-36(2)29-19-9-7-16-26(29)32-28(18-11-20-30(32)36)35-37-31-21-10-8-17-27(31)34(38-35)33-24-14-5-3-12-22(24)23-13-4-6-15-25(23)33/h3-21,33H,1-2H3. The molecule has 2 aliphatic carbocycles. The van der Waals surface area contributed by atoms with Crippen LogP contribution >= 0.6 is 0 Å². The fraction of sp³-hybridized carbons (Fsp3) is 0.111. The van der Waals surface area contributed by atoms with Crippen molar-refractivity contribution in [2.75, 3.05) is 0 Å². The van der Waals surface area contributed by atoms with E-state index in [-0.39, 0.29) is 11.3 Å². The Labute approximate surface area is 222 Å². The topological polar surface area (TPSA) is 25.8 Å². The van der Waals surface area contributed by atoms with Crippen LogP contribution in [0.1, 0.15) is 47.7 Å². The maximum atomic E-state index is 5.44. The first kappa shape index (κ1) is 21.5. The van der Waals surface area contributed by atoms with Gasteiger partial charge in [-0.1, -0.05) is 123 Å². The monoisotopic (exact) mass is 486 g/mol. The van der Waals surface area contributed by atoms with E-state index in [1.807, 2.05) is 0 Å². The molecule has 0 bridgehead atoms.